The summed E-state index contributed by atoms with van der Waals surface area (Å²) in [4.78, 5) is 36.9. The number of aliphatic hydroxyl groups is 1. The number of Topliss-reactive ketones (excluding diaryl/α,β-unsaturated/α-hetero) is 1. The van der Waals surface area contributed by atoms with E-state index in [9.17, 15) is 14.7 Å². The number of aliphatic hydroxyl groups excluding tert-OH is 1. The monoisotopic (exact) mass is 496 g/mol. The number of benzene rings is 1. The number of likely N-dealkylation sites (tertiary alicyclic amines) is 1. The van der Waals surface area contributed by atoms with Crippen LogP contribution in [-0.2, 0) is 16.1 Å². The van der Waals surface area contributed by atoms with Crippen molar-refractivity contribution in [3.05, 3.63) is 101 Å². The average molecular weight is 497 g/mol. The number of unbranched alkanes of at least 4 members (excludes halogenated alkanes) is 1. The third-order valence-electron chi connectivity index (χ3n) is 6.51. The Kier molecular flexibility index (Phi) is 6.72. The van der Waals surface area contributed by atoms with Crippen LogP contribution < -0.4 is 4.74 Å². The molecule has 1 saturated heterocycles. The number of fused-ring (bicyclic) bond motifs is 1. The zero-order valence-corrected chi connectivity index (χ0v) is 20.8. The number of carbonyl (C=O) groups excluding carboxylic acids is 2. The highest BCUT2D eigenvalue weighted by molar-refractivity contribution is 6.46. The number of aryl methyl sites for hydroxylation is 1. The van der Waals surface area contributed by atoms with E-state index in [4.69, 9.17) is 4.74 Å². The summed E-state index contributed by atoms with van der Waals surface area (Å²) in [5, 5.41) is 11.6. The van der Waals surface area contributed by atoms with E-state index in [0.29, 0.717) is 35.0 Å². The number of ether oxygens (including phenoxy) is 1. The molecule has 0 radical (unpaired) electrons. The van der Waals surface area contributed by atoms with Gasteiger partial charge in [-0.15, -0.1) is 0 Å². The average Bonchev–Trinajstić information content (AvgIpc) is 3.38. The first kappa shape index (κ1) is 24.2. The summed E-state index contributed by atoms with van der Waals surface area (Å²) in [5.74, 6) is -0.958. The maximum atomic E-state index is 13.4. The van der Waals surface area contributed by atoms with Crippen molar-refractivity contribution in [1.82, 2.24) is 19.3 Å². The van der Waals surface area contributed by atoms with Gasteiger partial charge in [0, 0.05) is 25.1 Å². The minimum atomic E-state index is -0.793. The number of amides is 1. The maximum absolute atomic E-state index is 13.4. The van der Waals surface area contributed by atoms with Crippen molar-refractivity contribution < 1.29 is 19.4 Å². The Balaban J connectivity index is 1.63. The second-order valence-electron chi connectivity index (χ2n) is 9.03. The Labute approximate surface area is 214 Å². The molecule has 1 N–H and O–H groups in total. The molecule has 1 unspecified atom stereocenters. The fourth-order valence-corrected chi connectivity index (χ4v) is 4.69. The molecule has 8 nitrogen and oxygen atoms in total. The number of ketones is 1. The predicted molar refractivity (Wildman–Crippen MR) is 139 cm³/mol. The first-order chi connectivity index (χ1) is 18.0. The van der Waals surface area contributed by atoms with Gasteiger partial charge in [0.05, 0.1) is 23.9 Å². The van der Waals surface area contributed by atoms with Crippen molar-refractivity contribution in [2.24, 2.45) is 0 Å². The van der Waals surface area contributed by atoms with E-state index < -0.39 is 17.7 Å². The number of aromatic nitrogens is 3. The summed E-state index contributed by atoms with van der Waals surface area (Å²) in [6.07, 6.45) is 7.07. The van der Waals surface area contributed by atoms with Gasteiger partial charge < -0.3 is 14.7 Å². The summed E-state index contributed by atoms with van der Waals surface area (Å²) < 4.78 is 7.52. The molecule has 1 atom stereocenters. The van der Waals surface area contributed by atoms with Crippen LogP contribution >= 0.6 is 0 Å². The number of imidazole rings is 1. The fraction of sp³-hybridized carbons (Fsp3) is 0.241. The summed E-state index contributed by atoms with van der Waals surface area (Å²) in [6, 6.07) is 15.7. The van der Waals surface area contributed by atoms with E-state index in [-0.39, 0.29) is 17.9 Å². The quantitative estimate of drug-likeness (QED) is 0.162. The van der Waals surface area contributed by atoms with Gasteiger partial charge in [0.25, 0.3) is 11.7 Å². The number of hydrogen-bond acceptors (Lipinski definition) is 6. The van der Waals surface area contributed by atoms with E-state index >= 15 is 0 Å². The summed E-state index contributed by atoms with van der Waals surface area (Å²) >= 11 is 0. The zero-order chi connectivity index (χ0) is 25.9. The van der Waals surface area contributed by atoms with Gasteiger partial charge in [0.1, 0.15) is 17.1 Å². The standard InChI is InChI=1S/C29H28N4O4/c1-3-4-16-37-22-12-10-21(11-13-22)26-24(27(34)25-19(2)31-23-9-5-6-15-32(23)25)28(35)29(36)33(26)18-20-8-7-14-30-17-20/h5-15,17,26,34H,3-4,16,18H2,1-2H3/b27-24+. The second-order valence-corrected chi connectivity index (χ2v) is 9.03. The lowest BCUT2D eigenvalue weighted by Gasteiger charge is -2.25. The van der Waals surface area contributed by atoms with Gasteiger partial charge in [-0.1, -0.05) is 37.6 Å². The Morgan fingerprint density at radius 3 is 2.62 bits per heavy atom. The fourth-order valence-electron chi connectivity index (χ4n) is 4.69. The van der Waals surface area contributed by atoms with Crippen LogP contribution in [0.5, 0.6) is 5.75 Å². The van der Waals surface area contributed by atoms with Gasteiger partial charge in [-0.25, -0.2) is 4.98 Å². The van der Waals surface area contributed by atoms with Crippen LogP contribution in [-0.4, -0.2) is 42.7 Å². The topological polar surface area (TPSA) is 97.0 Å². The van der Waals surface area contributed by atoms with Crippen molar-refractivity contribution in [2.45, 2.75) is 39.3 Å². The van der Waals surface area contributed by atoms with E-state index in [2.05, 4.69) is 16.9 Å². The van der Waals surface area contributed by atoms with Gasteiger partial charge in [-0.05, 0) is 54.8 Å². The number of pyridine rings is 2. The van der Waals surface area contributed by atoms with E-state index in [1.807, 2.05) is 48.5 Å². The molecule has 0 saturated carbocycles. The van der Waals surface area contributed by atoms with Gasteiger partial charge in [0.2, 0.25) is 0 Å². The molecule has 0 spiro atoms. The molecule has 0 bridgehead atoms. The molecule has 1 fully saturated rings. The molecular weight excluding hydrogens is 468 g/mol. The molecule has 1 amide bonds. The van der Waals surface area contributed by atoms with Gasteiger partial charge >= 0.3 is 0 Å². The number of carbonyl (C=O) groups is 2. The van der Waals surface area contributed by atoms with Gasteiger partial charge in [0.15, 0.2) is 5.76 Å². The van der Waals surface area contributed by atoms with Crippen molar-refractivity contribution in [3.8, 4) is 5.75 Å². The molecule has 188 valence electrons. The normalized spacial score (nSPS) is 17.0. The number of rotatable bonds is 8. The molecule has 8 heteroatoms. The van der Waals surface area contributed by atoms with Crippen LogP contribution in [0, 0.1) is 6.92 Å². The smallest absolute Gasteiger partial charge is 0.295 e. The first-order valence-corrected chi connectivity index (χ1v) is 12.3. The molecule has 0 aliphatic carbocycles. The second kappa shape index (κ2) is 10.3. The lowest BCUT2D eigenvalue weighted by atomic mass is 9.96. The molecule has 1 aliphatic rings. The lowest BCUT2D eigenvalue weighted by Crippen LogP contribution is -2.29. The van der Waals surface area contributed by atoms with E-state index in [1.54, 1.807) is 36.0 Å². The number of nitrogens with zero attached hydrogens (tertiary/aromatic N) is 4. The SMILES string of the molecule is CCCCOc1ccc(C2/C(=C(\O)c3c(C)nc4ccccn34)C(=O)C(=O)N2Cc2cccnc2)cc1. The third kappa shape index (κ3) is 4.58. The Morgan fingerprint density at radius 1 is 1.08 bits per heavy atom. The molecule has 4 aromatic rings. The highest BCUT2D eigenvalue weighted by Gasteiger charge is 2.46. The molecule has 5 rings (SSSR count). The Morgan fingerprint density at radius 2 is 1.89 bits per heavy atom. The highest BCUT2D eigenvalue weighted by atomic mass is 16.5. The van der Waals surface area contributed by atoms with Gasteiger partial charge in [-0.3, -0.25) is 19.0 Å². The molecule has 1 aliphatic heterocycles. The van der Waals surface area contributed by atoms with Crippen molar-refractivity contribution in [2.75, 3.05) is 6.61 Å². The van der Waals surface area contributed by atoms with Gasteiger partial charge in [-0.2, -0.15) is 0 Å². The van der Waals surface area contributed by atoms with Crippen LogP contribution in [0.4, 0.5) is 0 Å². The zero-order valence-electron chi connectivity index (χ0n) is 20.8. The molecule has 37 heavy (non-hydrogen) atoms. The highest BCUT2D eigenvalue weighted by Crippen LogP contribution is 2.41. The Bertz CT molecular complexity index is 1480. The predicted octanol–water partition coefficient (Wildman–Crippen LogP) is 4.84. The first-order valence-electron chi connectivity index (χ1n) is 12.3. The van der Waals surface area contributed by atoms with Crippen LogP contribution in [0.3, 0.4) is 0 Å². The summed E-state index contributed by atoms with van der Waals surface area (Å²) in [6.45, 7) is 4.65. The molecule has 4 heterocycles. The van der Waals surface area contributed by atoms with E-state index in [1.165, 1.54) is 4.90 Å². The van der Waals surface area contributed by atoms with Crippen LogP contribution in [0.2, 0.25) is 0 Å². The van der Waals surface area contributed by atoms with Crippen LogP contribution in [0.25, 0.3) is 11.4 Å². The third-order valence-corrected chi connectivity index (χ3v) is 6.51. The number of hydrogen-bond donors (Lipinski definition) is 1. The molecule has 1 aromatic carbocycles. The maximum Gasteiger partial charge on any atom is 0.295 e. The Hall–Kier alpha value is -4.46. The lowest BCUT2D eigenvalue weighted by molar-refractivity contribution is -0.140. The van der Waals surface area contributed by atoms with Crippen molar-refractivity contribution in [1.29, 1.82) is 0 Å². The molecular formula is C29H28N4O4. The summed E-state index contributed by atoms with van der Waals surface area (Å²) in [5.41, 5.74) is 3.08. The summed E-state index contributed by atoms with van der Waals surface area (Å²) in [7, 11) is 0. The van der Waals surface area contributed by atoms with Crippen LogP contribution in [0.1, 0.15) is 48.3 Å². The minimum absolute atomic E-state index is 0.0299. The van der Waals surface area contributed by atoms with E-state index in [0.717, 1.165) is 18.4 Å². The largest absolute Gasteiger partial charge is 0.505 e. The van der Waals surface area contributed by atoms with Crippen molar-refractivity contribution >= 4 is 23.1 Å². The minimum Gasteiger partial charge on any atom is -0.505 e. The van der Waals surface area contributed by atoms with Crippen LogP contribution in [0.15, 0.2) is 78.8 Å². The van der Waals surface area contributed by atoms with Crippen molar-refractivity contribution in [3.63, 3.8) is 0 Å². The molecule has 3 aromatic heterocycles.